The summed E-state index contributed by atoms with van der Waals surface area (Å²) in [6.45, 7) is 1.44. The third-order valence-corrected chi connectivity index (χ3v) is 17.3. The molecule has 3 saturated heterocycles. The van der Waals surface area contributed by atoms with Gasteiger partial charge >= 0.3 is 0 Å². The van der Waals surface area contributed by atoms with E-state index in [0.717, 1.165) is 83.5 Å². The van der Waals surface area contributed by atoms with Crippen LogP contribution in [0.4, 0.5) is 0 Å². The second kappa shape index (κ2) is 55.3. The SMILES string of the molecule is CC/C=C\C/C=C\C/C=C\C/C=C\C/C=C\C/C=C\CCCCCCCCCCCCCCCCCCCCCCC(=O)NC(COC1OC(CO)C(OC2OC(CO)C(OC3OC(CO)C(O)C(O)C3O)C(O)C2O)C(O)C1O)C(O)/C=C/CC/C=C/CC/C=C/CC. The molecule has 3 aliphatic rings. The van der Waals surface area contributed by atoms with Crippen molar-refractivity contribution in [2.24, 2.45) is 0 Å². The van der Waals surface area contributed by atoms with Crippen LogP contribution in [0.25, 0.3) is 0 Å². The molecule has 0 bridgehead atoms. The lowest BCUT2D eigenvalue weighted by Gasteiger charge is -2.48. The molecule has 12 N–H and O–H groups in total. The highest BCUT2D eigenvalue weighted by atomic mass is 16.8. The number of carbonyl (C=O) groups excluding carboxylic acids is 1. The Morgan fingerprint density at radius 3 is 1.15 bits per heavy atom. The highest BCUT2D eigenvalue weighted by Crippen LogP contribution is 2.33. The Bertz CT molecular complexity index is 2130. The van der Waals surface area contributed by atoms with Crippen LogP contribution in [0.5, 0.6) is 0 Å². The van der Waals surface area contributed by atoms with Crippen LogP contribution in [0.3, 0.4) is 0 Å². The number of hydrogen-bond acceptors (Lipinski definition) is 18. The van der Waals surface area contributed by atoms with Crippen molar-refractivity contribution in [3.8, 4) is 0 Å². The van der Waals surface area contributed by atoms with Gasteiger partial charge in [-0.25, -0.2) is 0 Å². The number of nitrogens with one attached hydrogen (secondary N) is 1. The number of aliphatic hydroxyl groups excluding tert-OH is 11. The van der Waals surface area contributed by atoms with E-state index in [1.165, 1.54) is 109 Å². The predicted octanol–water partition coefficient (Wildman–Crippen LogP) is 10.2. The Hall–Kier alpha value is -3.55. The molecule has 19 heteroatoms. The maximum absolute atomic E-state index is 13.4. The van der Waals surface area contributed by atoms with E-state index in [2.05, 4.69) is 116 Å². The molecule has 17 unspecified atom stereocenters. The number of amides is 1. The van der Waals surface area contributed by atoms with E-state index in [1.807, 2.05) is 6.08 Å². The van der Waals surface area contributed by atoms with Crippen molar-refractivity contribution in [2.45, 2.75) is 330 Å². The van der Waals surface area contributed by atoms with Gasteiger partial charge in [-0.1, -0.05) is 239 Å². The fraction of sp³-hybridized carbons (Fsp3) is 0.747. The average Bonchev–Trinajstić information content (AvgIpc) is 0.788. The highest BCUT2D eigenvalue weighted by Gasteiger charge is 2.53. The summed E-state index contributed by atoms with van der Waals surface area (Å²) in [5.74, 6) is -0.294. The van der Waals surface area contributed by atoms with Crippen molar-refractivity contribution in [2.75, 3.05) is 26.4 Å². The van der Waals surface area contributed by atoms with Crippen molar-refractivity contribution in [3.63, 3.8) is 0 Å². The molecule has 3 fully saturated rings. The maximum Gasteiger partial charge on any atom is 0.220 e. The molecule has 1 amide bonds. The average molecular weight is 1330 g/mol. The molecular formula is C75H127NO18. The van der Waals surface area contributed by atoms with Crippen LogP contribution >= 0.6 is 0 Å². The molecule has 3 rings (SSSR count). The molecule has 0 aromatic heterocycles. The Morgan fingerprint density at radius 1 is 0.383 bits per heavy atom. The van der Waals surface area contributed by atoms with Gasteiger partial charge in [-0.15, -0.1) is 0 Å². The number of carbonyl (C=O) groups is 1. The number of allylic oxidation sites excluding steroid dienone is 17. The van der Waals surface area contributed by atoms with Crippen molar-refractivity contribution >= 4 is 5.91 Å². The van der Waals surface area contributed by atoms with Gasteiger partial charge < -0.3 is 89.9 Å². The molecule has 0 aromatic carbocycles. The maximum atomic E-state index is 13.4. The molecule has 0 aliphatic carbocycles. The van der Waals surface area contributed by atoms with Gasteiger partial charge in [0.2, 0.25) is 5.91 Å². The number of ether oxygens (including phenoxy) is 6. The van der Waals surface area contributed by atoms with Crippen molar-refractivity contribution in [1.29, 1.82) is 0 Å². The number of aliphatic hydroxyl groups is 11. The molecule has 540 valence electrons. The first-order chi connectivity index (χ1) is 45.8. The zero-order valence-electron chi connectivity index (χ0n) is 57.1. The van der Waals surface area contributed by atoms with Crippen LogP contribution in [0.1, 0.15) is 226 Å². The third-order valence-electron chi connectivity index (χ3n) is 17.3. The fourth-order valence-electron chi connectivity index (χ4n) is 11.5. The van der Waals surface area contributed by atoms with Crippen LogP contribution in [0.15, 0.2) is 109 Å². The Labute approximate surface area is 564 Å². The molecule has 0 spiro atoms. The van der Waals surface area contributed by atoms with Gasteiger partial charge in [0, 0.05) is 6.42 Å². The zero-order chi connectivity index (χ0) is 68.2. The lowest BCUT2D eigenvalue weighted by molar-refractivity contribution is -0.379. The van der Waals surface area contributed by atoms with Gasteiger partial charge in [0.05, 0.1) is 38.6 Å². The van der Waals surface area contributed by atoms with Gasteiger partial charge in [-0.05, 0) is 89.9 Å². The Morgan fingerprint density at radius 2 is 0.713 bits per heavy atom. The van der Waals surface area contributed by atoms with Crippen molar-refractivity contribution in [1.82, 2.24) is 5.32 Å². The van der Waals surface area contributed by atoms with Crippen LogP contribution < -0.4 is 5.32 Å². The first-order valence-corrected chi connectivity index (χ1v) is 36.1. The summed E-state index contributed by atoms with van der Waals surface area (Å²) < 4.78 is 34.2. The minimum absolute atomic E-state index is 0.229. The summed E-state index contributed by atoms with van der Waals surface area (Å²) in [6.07, 6.45) is 48.4. The molecule has 0 aromatic rings. The third kappa shape index (κ3) is 36.3. The summed E-state index contributed by atoms with van der Waals surface area (Å²) in [5, 5.41) is 120. The second-order valence-electron chi connectivity index (χ2n) is 25.3. The van der Waals surface area contributed by atoms with E-state index in [-0.39, 0.29) is 18.9 Å². The van der Waals surface area contributed by atoms with E-state index >= 15 is 0 Å². The van der Waals surface area contributed by atoms with E-state index in [1.54, 1.807) is 6.08 Å². The largest absolute Gasteiger partial charge is 0.394 e. The van der Waals surface area contributed by atoms with Crippen molar-refractivity contribution in [3.05, 3.63) is 109 Å². The first-order valence-electron chi connectivity index (χ1n) is 36.1. The topological polar surface area (TPSA) is 307 Å². The minimum atomic E-state index is -1.98. The summed E-state index contributed by atoms with van der Waals surface area (Å²) in [6, 6.07) is -0.998. The van der Waals surface area contributed by atoms with Crippen LogP contribution in [0.2, 0.25) is 0 Å². The molecule has 17 atom stereocenters. The standard InChI is InChI=1S/C75H127NO18/c1-3-5-7-9-11-13-15-16-17-18-19-20-21-22-23-24-25-26-27-28-29-30-31-32-33-34-35-36-37-38-39-40-41-42-43-45-47-49-51-53-63(81)76-58(59(80)52-50-48-46-44-14-12-10-8-6-4-2)57-89-73-69(87)66(84)71(61(55-78)91-73)94-75-70(88)67(85)72(62(56-79)92-75)93-74-68(86)65(83)64(82)60(54-77)90-74/h5-8,11,13-14,16-17,19-20,22-23,25-26,44,50,52,58-62,64-75,77-80,82-88H,3-4,9-10,12,15,18,21,24,27-43,45-49,51,53-57H2,1-2H3,(H,76,81)/b7-5-,8-6+,13-11-,17-16-,20-19-,23-22-,26-25-,44-14+,52-50+. The first kappa shape index (κ1) is 84.7. The molecule has 3 heterocycles. The van der Waals surface area contributed by atoms with Gasteiger partial charge in [0.15, 0.2) is 18.9 Å². The molecule has 0 radical (unpaired) electrons. The van der Waals surface area contributed by atoms with E-state index in [4.69, 9.17) is 28.4 Å². The van der Waals surface area contributed by atoms with Gasteiger partial charge in [0.1, 0.15) is 73.2 Å². The second-order valence-corrected chi connectivity index (χ2v) is 25.3. The van der Waals surface area contributed by atoms with Crippen LogP contribution in [-0.2, 0) is 33.2 Å². The number of rotatable bonds is 54. The summed E-state index contributed by atoms with van der Waals surface area (Å²) in [4.78, 5) is 13.4. The van der Waals surface area contributed by atoms with Gasteiger partial charge in [0.25, 0.3) is 0 Å². The summed E-state index contributed by atoms with van der Waals surface area (Å²) in [7, 11) is 0. The van der Waals surface area contributed by atoms with Crippen LogP contribution in [-0.4, -0.2) is 193 Å². The lowest BCUT2D eigenvalue weighted by atomic mass is 9.96. The molecule has 94 heavy (non-hydrogen) atoms. The monoisotopic (exact) mass is 1330 g/mol. The Balaban J connectivity index is 1.28. The van der Waals surface area contributed by atoms with Gasteiger partial charge in [-0.3, -0.25) is 4.79 Å². The Kier molecular flexibility index (Phi) is 49.9. The van der Waals surface area contributed by atoms with Gasteiger partial charge in [-0.2, -0.15) is 0 Å². The quantitative estimate of drug-likeness (QED) is 0.0199. The molecular weight excluding hydrogens is 1200 g/mol. The molecule has 3 aliphatic heterocycles. The fourth-order valence-corrected chi connectivity index (χ4v) is 11.5. The number of unbranched alkanes of at least 4 members (excludes halogenated alkanes) is 22. The smallest absolute Gasteiger partial charge is 0.220 e. The van der Waals surface area contributed by atoms with E-state index in [9.17, 15) is 61.0 Å². The summed E-state index contributed by atoms with van der Waals surface area (Å²) in [5.41, 5.74) is 0. The summed E-state index contributed by atoms with van der Waals surface area (Å²) >= 11 is 0. The predicted molar refractivity (Wildman–Crippen MR) is 369 cm³/mol. The van der Waals surface area contributed by atoms with Crippen molar-refractivity contribution < 1.29 is 89.4 Å². The molecule has 0 saturated carbocycles. The van der Waals surface area contributed by atoms with E-state index < -0.39 is 124 Å². The van der Waals surface area contributed by atoms with E-state index in [0.29, 0.717) is 12.8 Å². The normalized spacial score (nSPS) is 28.0. The lowest BCUT2D eigenvalue weighted by Crippen LogP contribution is -2.66. The highest BCUT2D eigenvalue weighted by molar-refractivity contribution is 5.76. The number of hydrogen-bond donors (Lipinski definition) is 12. The van der Waals surface area contributed by atoms with Crippen LogP contribution in [0, 0.1) is 0 Å². The molecule has 19 nitrogen and oxygen atoms in total. The zero-order valence-corrected chi connectivity index (χ0v) is 57.1. The minimum Gasteiger partial charge on any atom is -0.394 e.